The normalized spacial score (nSPS) is 11.4. The molecule has 0 bridgehead atoms. The maximum Gasteiger partial charge on any atom is -0.00200 e. The summed E-state index contributed by atoms with van der Waals surface area (Å²) in [7, 11) is 0. The highest BCUT2D eigenvalue weighted by Crippen LogP contribution is 2.48. The molecule has 0 aliphatic carbocycles. The molecule has 0 radical (unpaired) electrons. The van der Waals surface area contributed by atoms with E-state index >= 15 is 0 Å². The van der Waals surface area contributed by atoms with Gasteiger partial charge in [-0.3, -0.25) is 0 Å². The fourth-order valence-electron chi connectivity index (χ4n) is 11.6. The van der Waals surface area contributed by atoms with E-state index in [1.54, 1.807) is 0 Å². The summed E-state index contributed by atoms with van der Waals surface area (Å²) in [6, 6.07) is 102. The average Bonchev–Trinajstić information content (AvgIpc) is 3.46. The summed E-state index contributed by atoms with van der Waals surface area (Å²) in [6.45, 7) is 4.38. The lowest BCUT2D eigenvalue weighted by Gasteiger charge is -2.20. The Kier molecular flexibility index (Phi) is 11.4. The summed E-state index contributed by atoms with van der Waals surface area (Å²) in [5.74, 6) is 0. The van der Waals surface area contributed by atoms with Crippen LogP contribution in [0.15, 0.2) is 279 Å². The molecule has 0 unspecified atom stereocenters. The Morgan fingerprint density at radius 2 is 0.473 bits per heavy atom. The first-order valence-electron chi connectivity index (χ1n) is 25.7. The van der Waals surface area contributed by atoms with Crippen molar-refractivity contribution in [3.63, 3.8) is 0 Å². The van der Waals surface area contributed by atoms with Gasteiger partial charge in [0, 0.05) is 0 Å². The van der Waals surface area contributed by atoms with E-state index in [1.165, 1.54) is 143 Å². The molecule has 14 rings (SSSR count). The highest BCUT2D eigenvalue weighted by molar-refractivity contribution is 6.26. The molecule has 0 amide bonds. The summed E-state index contributed by atoms with van der Waals surface area (Å²) in [5.41, 5.74) is 17.8. The second-order valence-corrected chi connectivity index (χ2v) is 19.6. The second kappa shape index (κ2) is 19.0. The molecular weight excluding hydrogens is 889 g/mol. The number of fused-ring (bicyclic) bond motifs is 6. The Morgan fingerprint density at radius 1 is 0.176 bits per heavy atom. The molecule has 0 fully saturated rings. The Balaban J connectivity index is 0.000000144. The SMILES string of the molecule is Cc1ccc2c(-c3cccc(-c4ccccc4)c3)c3ccccc3c(-c3cccc(-c4ccccc4)c3)c2c1.Cc1ccc2c(-c3cccc4ccccc34)c3ccccc3c(-c3cccc4ccccc34)c2c1. The van der Waals surface area contributed by atoms with Gasteiger partial charge in [-0.25, -0.2) is 0 Å². The van der Waals surface area contributed by atoms with Crippen molar-refractivity contribution in [3.8, 4) is 66.8 Å². The van der Waals surface area contributed by atoms with Crippen molar-refractivity contribution in [2.45, 2.75) is 13.8 Å². The zero-order valence-electron chi connectivity index (χ0n) is 41.6. The van der Waals surface area contributed by atoms with Crippen LogP contribution in [-0.4, -0.2) is 0 Å². The first-order valence-corrected chi connectivity index (χ1v) is 25.7. The molecule has 0 heteroatoms. The zero-order valence-corrected chi connectivity index (χ0v) is 41.6. The van der Waals surface area contributed by atoms with Crippen molar-refractivity contribution in [2.75, 3.05) is 0 Å². The topological polar surface area (TPSA) is 0 Å². The molecule has 14 aromatic carbocycles. The van der Waals surface area contributed by atoms with Gasteiger partial charge >= 0.3 is 0 Å². The number of rotatable bonds is 6. The zero-order chi connectivity index (χ0) is 49.5. The lowest BCUT2D eigenvalue weighted by molar-refractivity contribution is 1.51. The van der Waals surface area contributed by atoms with Crippen LogP contribution in [0.3, 0.4) is 0 Å². The van der Waals surface area contributed by atoms with E-state index in [2.05, 4.69) is 293 Å². The maximum atomic E-state index is 2.37. The number of hydrogen-bond acceptors (Lipinski definition) is 0. The van der Waals surface area contributed by atoms with Crippen molar-refractivity contribution in [3.05, 3.63) is 290 Å². The van der Waals surface area contributed by atoms with Crippen LogP contribution in [0.4, 0.5) is 0 Å². The summed E-state index contributed by atoms with van der Waals surface area (Å²) >= 11 is 0. The van der Waals surface area contributed by atoms with E-state index in [0.717, 1.165) is 0 Å². The largest absolute Gasteiger partial charge is 0.0622 e. The highest BCUT2D eigenvalue weighted by Gasteiger charge is 2.21. The molecule has 0 aromatic heterocycles. The van der Waals surface area contributed by atoms with E-state index in [4.69, 9.17) is 0 Å². The van der Waals surface area contributed by atoms with Crippen molar-refractivity contribution < 1.29 is 0 Å². The van der Waals surface area contributed by atoms with Crippen molar-refractivity contribution >= 4 is 64.6 Å². The van der Waals surface area contributed by atoms with Gasteiger partial charge in [0.05, 0.1) is 0 Å². The summed E-state index contributed by atoms with van der Waals surface area (Å²) in [4.78, 5) is 0. The molecule has 348 valence electrons. The summed E-state index contributed by atoms with van der Waals surface area (Å²) < 4.78 is 0. The number of benzene rings is 14. The van der Waals surface area contributed by atoms with Gasteiger partial charge in [-0.15, -0.1) is 0 Å². The third kappa shape index (κ3) is 7.99. The predicted molar refractivity (Wildman–Crippen MR) is 320 cm³/mol. The molecule has 0 nitrogen and oxygen atoms in total. The fraction of sp³-hybridized carbons (Fsp3) is 0.0270. The quantitative estimate of drug-likeness (QED) is 0.146. The van der Waals surface area contributed by atoms with Gasteiger partial charge in [0.1, 0.15) is 0 Å². The van der Waals surface area contributed by atoms with Crippen LogP contribution >= 0.6 is 0 Å². The molecule has 0 aliphatic heterocycles. The molecule has 0 atom stereocenters. The highest BCUT2D eigenvalue weighted by atomic mass is 14.2. The van der Waals surface area contributed by atoms with Gasteiger partial charge in [-0.2, -0.15) is 0 Å². The van der Waals surface area contributed by atoms with E-state index in [0.29, 0.717) is 0 Å². The Morgan fingerprint density at radius 3 is 0.946 bits per heavy atom. The van der Waals surface area contributed by atoms with Crippen LogP contribution in [0.25, 0.3) is 131 Å². The Bertz CT molecular complexity index is 4420. The Labute approximate surface area is 433 Å². The van der Waals surface area contributed by atoms with Crippen molar-refractivity contribution in [2.24, 2.45) is 0 Å². The molecule has 0 N–H and O–H groups in total. The monoisotopic (exact) mass is 940 g/mol. The van der Waals surface area contributed by atoms with Gasteiger partial charge in [0.25, 0.3) is 0 Å². The third-order valence-electron chi connectivity index (χ3n) is 15.0. The van der Waals surface area contributed by atoms with Crippen LogP contribution in [-0.2, 0) is 0 Å². The standard InChI is InChI=1S/C39H28.C35H24/c1-27-22-23-36-37(24-27)39(33-19-11-17-31(26-33)29-14-6-3-7-15-29)35-21-9-8-20-34(35)38(36)32-18-10-16-30(25-32)28-12-4-2-5-13-28;1-23-20-21-32-33(22-23)35(29-19-9-13-25-11-3-5-15-27(25)29)31-17-7-6-16-30(31)34(32)28-18-8-12-24-10-2-4-14-26(24)28/h2-26H,1H3;2-22H,1H3. The van der Waals surface area contributed by atoms with E-state index in [9.17, 15) is 0 Å². The van der Waals surface area contributed by atoms with Gasteiger partial charge < -0.3 is 0 Å². The molecule has 0 saturated heterocycles. The van der Waals surface area contributed by atoms with Crippen molar-refractivity contribution in [1.29, 1.82) is 0 Å². The fourth-order valence-corrected chi connectivity index (χ4v) is 11.6. The number of aryl methyl sites for hydroxylation is 2. The second-order valence-electron chi connectivity index (χ2n) is 19.6. The molecular formula is C74H52. The van der Waals surface area contributed by atoms with Crippen LogP contribution < -0.4 is 0 Å². The van der Waals surface area contributed by atoms with Gasteiger partial charge in [0.15, 0.2) is 0 Å². The first-order chi connectivity index (χ1) is 36.6. The summed E-state index contributed by atoms with van der Waals surface area (Å²) in [6.07, 6.45) is 0. The van der Waals surface area contributed by atoms with Crippen LogP contribution in [0.1, 0.15) is 11.1 Å². The smallest absolute Gasteiger partial charge is 0.00200 e. The summed E-state index contributed by atoms with van der Waals surface area (Å²) in [5, 5.41) is 15.5. The minimum atomic E-state index is 1.23. The number of hydrogen-bond donors (Lipinski definition) is 0. The van der Waals surface area contributed by atoms with E-state index in [1.807, 2.05) is 0 Å². The van der Waals surface area contributed by atoms with Crippen LogP contribution in [0, 0.1) is 13.8 Å². The molecule has 14 aromatic rings. The van der Waals surface area contributed by atoms with E-state index < -0.39 is 0 Å². The average molecular weight is 941 g/mol. The minimum absolute atomic E-state index is 1.23. The predicted octanol–water partition coefficient (Wildman–Crippen LogP) is 20.9. The van der Waals surface area contributed by atoms with Crippen molar-refractivity contribution in [1.82, 2.24) is 0 Å². The molecule has 0 saturated carbocycles. The van der Waals surface area contributed by atoms with E-state index in [-0.39, 0.29) is 0 Å². The minimum Gasteiger partial charge on any atom is -0.0622 e. The maximum absolute atomic E-state index is 2.37. The lowest BCUT2D eigenvalue weighted by Crippen LogP contribution is -1.93. The van der Waals surface area contributed by atoms with Gasteiger partial charge in [-0.05, 0) is 157 Å². The molecule has 74 heavy (non-hydrogen) atoms. The Hall–Kier alpha value is -9.36. The third-order valence-corrected chi connectivity index (χ3v) is 15.0. The molecule has 0 aliphatic rings. The lowest BCUT2D eigenvalue weighted by atomic mass is 9.83. The van der Waals surface area contributed by atoms with Crippen LogP contribution in [0.5, 0.6) is 0 Å². The van der Waals surface area contributed by atoms with Gasteiger partial charge in [-0.1, -0.05) is 278 Å². The first kappa shape index (κ1) is 44.6. The van der Waals surface area contributed by atoms with Crippen LogP contribution in [0.2, 0.25) is 0 Å². The molecule has 0 spiro atoms. The van der Waals surface area contributed by atoms with Gasteiger partial charge in [0.2, 0.25) is 0 Å². The molecule has 0 heterocycles.